The Bertz CT molecular complexity index is 1190. The molecule has 0 saturated carbocycles. The van der Waals surface area contributed by atoms with Crippen LogP contribution in [0.4, 0.5) is 18.3 Å². The molecule has 0 aliphatic carbocycles. The molecule has 14 heteroatoms. The maximum absolute atomic E-state index is 13.3. The second kappa shape index (κ2) is 7.93. The van der Waals surface area contributed by atoms with Gasteiger partial charge in [-0.05, 0) is 30.2 Å². The number of carbonyl (C=O) groups is 1. The number of hydrogen-bond acceptors (Lipinski definition) is 9. The topological polar surface area (TPSA) is 119 Å². The second-order valence-electron chi connectivity index (χ2n) is 7.98. The first kappa shape index (κ1) is 21.6. The fraction of sp³-hybridized carbons (Fsp3) is 0.474. The van der Waals surface area contributed by atoms with Gasteiger partial charge in [0.1, 0.15) is 11.4 Å². The van der Waals surface area contributed by atoms with E-state index in [0.29, 0.717) is 54.7 Å². The van der Waals surface area contributed by atoms with Gasteiger partial charge < -0.3 is 14.7 Å². The first-order valence-electron chi connectivity index (χ1n) is 10.2. The lowest BCUT2D eigenvalue weighted by molar-refractivity contribution is -0.139. The van der Waals surface area contributed by atoms with Gasteiger partial charge in [-0.3, -0.25) is 4.79 Å². The fourth-order valence-corrected chi connectivity index (χ4v) is 5.05. The molecule has 1 fully saturated rings. The van der Waals surface area contributed by atoms with Crippen LogP contribution in [0, 0.1) is 0 Å². The number of anilines is 1. The molecule has 4 heterocycles. The molecular weight excluding hydrogens is 463 g/mol. The molecule has 0 bridgehead atoms. The third kappa shape index (κ3) is 4.21. The Morgan fingerprint density at radius 1 is 1.18 bits per heavy atom. The Hall–Kier alpha value is -3.29. The number of ether oxygens (including phenoxy) is 1. The van der Waals surface area contributed by atoms with Gasteiger partial charge >= 0.3 is 12.1 Å². The summed E-state index contributed by atoms with van der Waals surface area (Å²) < 4.78 is 46.1. The Morgan fingerprint density at radius 2 is 1.97 bits per heavy atom. The Balaban J connectivity index is 1.26. The zero-order valence-corrected chi connectivity index (χ0v) is 17.9. The largest absolute Gasteiger partial charge is 0.487 e. The van der Waals surface area contributed by atoms with E-state index < -0.39 is 29.9 Å². The maximum Gasteiger partial charge on any atom is 0.416 e. The summed E-state index contributed by atoms with van der Waals surface area (Å²) in [6.45, 7) is 0.824. The minimum atomic E-state index is -4.40. The summed E-state index contributed by atoms with van der Waals surface area (Å²) in [5.41, 5.74) is -0.889. The van der Waals surface area contributed by atoms with Crippen LogP contribution in [-0.4, -0.2) is 60.2 Å². The number of aliphatic carboxylic acids is 1. The molecule has 2 aliphatic heterocycles. The van der Waals surface area contributed by atoms with E-state index in [-0.39, 0.29) is 11.4 Å². The van der Waals surface area contributed by atoms with Gasteiger partial charge in [0.05, 0.1) is 5.56 Å². The van der Waals surface area contributed by atoms with Gasteiger partial charge in [-0.2, -0.15) is 18.0 Å². The van der Waals surface area contributed by atoms with Gasteiger partial charge in [0, 0.05) is 31.5 Å². The summed E-state index contributed by atoms with van der Waals surface area (Å²) in [7, 11) is 0. The summed E-state index contributed by atoms with van der Waals surface area (Å²) in [6.07, 6.45) is -2.26. The average Bonchev–Trinajstić information content (AvgIpc) is 3.42. The Kier molecular flexibility index (Phi) is 5.18. The standard InChI is InChI=1S/C19H18F3N7O3S/c20-19(21,22)12-2-1-3-13-11(12)4-5-18(32-13)6-8-28(9-7-18)17-25-24-16(33-17)15-23-27-29(26-15)10-14(30)31/h1-3H,4-10H2,(H,30,31). The number of alkyl halides is 3. The van der Waals surface area contributed by atoms with Gasteiger partial charge in [-0.25, -0.2) is 0 Å². The lowest BCUT2D eigenvalue weighted by atomic mass is 9.82. The molecular formula is C19H18F3N7O3S. The lowest BCUT2D eigenvalue weighted by Crippen LogP contribution is -2.50. The van der Waals surface area contributed by atoms with Crippen LogP contribution < -0.4 is 9.64 Å². The number of fused-ring (bicyclic) bond motifs is 1. The smallest absolute Gasteiger partial charge is 0.416 e. The van der Waals surface area contributed by atoms with E-state index in [2.05, 4.69) is 25.6 Å². The Morgan fingerprint density at radius 3 is 2.70 bits per heavy atom. The molecule has 0 atom stereocenters. The molecule has 5 rings (SSSR count). The van der Waals surface area contributed by atoms with E-state index in [9.17, 15) is 18.0 Å². The molecule has 2 aliphatic rings. The monoisotopic (exact) mass is 481 g/mol. The van der Waals surface area contributed by atoms with Crippen molar-refractivity contribution in [3.63, 3.8) is 0 Å². The van der Waals surface area contributed by atoms with Crippen molar-refractivity contribution in [1.82, 2.24) is 30.4 Å². The number of nitrogens with zero attached hydrogens (tertiary/aromatic N) is 7. The third-order valence-electron chi connectivity index (χ3n) is 5.88. The van der Waals surface area contributed by atoms with Gasteiger partial charge in [-0.15, -0.1) is 20.4 Å². The minimum Gasteiger partial charge on any atom is -0.487 e. The van der Waals surface area contributed by atoms with Crippen molar-refractivity contribution in [2.24, 2.45) is 0 Å². The van der Waals surface area contributed by atoms with E-state index in [1.165, 1.54) is 17.4 Å². The normalized spacial score (nSPS) is 17.6. The van der Waals surface area contributed by atoms with Crippen molar-refractivity contribution in [2.45, 2.75) is 44.0 Å². The molecule has 1 N–H and O–H groups in total. The number of piperidine rings is 1. The summed E-state index contributed by atoms with van der Waals surface area (Å²) in [6, 6.07) is 4.10. The van der Waals surface area contributed by atoms with Gasteiger partial charge in [-0.1, -0.05) is 17.4 Å². The molecule has 3 aromatic rings. The van der Waals surface area contributed by atoms with Crippen LogP contribution >= 0.6 is 11.3 Å². The predicted molar refractivity (Wildman–Crippen MR) is 109 cm³/mol. The van der Waals surface area contributed by atoms with Crippen LogP contribution in [-0.2, 0) is 23.9 Å². The highest BCUT2D eigenvalue weighted by Gasteiger charge is 2.43. The lowest BCUT2D eigenvalue weighted by Gasteiger charge is -2.44. The molecule has 1 spiro atoms. The van der Waals surface area contributed by atoms with Crippen LogP contribution in [0.2, 0.25) is 0 Å². The molecule has 33 heavy (non-hydrogen) atoms. The van der Waals surface area contributed by atoms with Crippen molar-refractivity contribution in [3.8, 4) is 16.6 Å². The van der Waals surface area contributed by atoms with Crippen LogP contribution in [0.1, 0.15) is 30.4 Å². The number of tetrazole rings is 1. The predicted octanol–water partition coefficient (Wildman–Crippen LogP) is 2.66. The summed E-state index contributed by atoms with van der Waals surface area (Å²) in [5, 5.41) is 29.7. The van der Waals surface area contributed by atoms with Crippen LogP contribution in [0.5, 0.6) is 5.75 Å². The molecule has 1 saturated heterocycles. The van der Waals surface area contributed by atoms with Crippen molar-refractivity contribution in [1.29, 1.82) is 0 Å². The minimum absolute atomic E-state index is 0.196. The highest BCUT2D eigenvalue weighted by atomic mass is 32.1. The van der Waals surface area contributed by atoms with E-state index in [4.69, 9.17) is 9.84 Å². The van der Waals surface area contributed by atoms with Crippen LogP contribution in [0.15, 0.2) is 18.2 Å². The highest BCUT2D eigenvalue weighted by Crippen LogP contribution is 2.44. The molecule has 174 valence electrons. The summed E-state index contributed by atoms with van der Waals surface area (Å²) in [4.78, 5) is 13.8. The van der Waals surface area contributed by atoms with Crippen molar-refractivity contribution >= 4 is 22.4 Å². The van der Waals surface area contributed by atoms with Gasteiger partial charge in [0.25, 0.3) is 0 Å². The number of benzene rings is 1. The van der Waals surface area contributed by atoms with Gasteiger partial charge in [0.15, 0.2) is 11.6 Å². The van der Waals surface area contributed by atoms with Crippen LogP contribution in [0.25, 0.3) is 10.8 Å². The number of carboxylic acid groups (broad SMARTS) is 1. The SMILES string of the molecule is O=C(O)Cn1nnc(-c2nnc(N3CCC4(CCc5c(cccc5C(F)(F)F)O4)CC3)s2)n1. The number of hydrogen-bond donors (Lipinski definition) is 1. The first-order valence-corrected chi connectivity index (χ1v) is 11.0. The van der Waals surface area contributed by atoms with Crippen molar-refractivity contribution < 1.29 is 27.8 Å². The number of carboxylic acids is 1. The number of aromatic nitrogens is 6. The molecule has 1 aromatic carbocycles. The van der Waals surface area contributed by atoms with Crippen LogP contribution in [0.3, 0.4) is 0 Å². The third-order valence-corrected chi connectivity index (χ3v) is 6.86. The zero-order chi connectivity index (χ0) is 23.2. The molecule has 0 radical (unpaired) electrons. The zero-order valence-electron chi connectivity index (χ0n) is 17.1. The fourth-order valence-electron chi connectivity index (χ4n) is 4.23. The van der Waals surface area contributed by atoms with Gasteiger partial charge in [0.2, 0.25) is 11.0 Å². The Labute approximate surface area is 189 Å². The summed E-state index contributed by atoms with van der Waals surface area (Å²) >= 11 is 1.27. The number of halogens is 3. The number of rotatable bonds is 4. The highest BCUT2D eigenvalue weighted by molar-refractivity contribution is 7.18. The molecule has 10 nitrogen and oxygen atoms in total. The molecule has 0 unspecified atom stereocenters. The van der Waals surface area contributed by atoms with E-state index in [1.54, 1.807) is 6.07 Å². The van der Waals surface area contributed by atoms with E-state index in [1.807, 2.05) is 4.90 Å². The maximum atomic E-state index is 13.3. The second-order valence-corrected chi connectivity index (χ2v) is 8.94. The van der Waals surface area contributed by atoms with Crippen molar-refractivity contribution in [3.05, 3.63) is 29.3 Å². The molecule has 2 aromatic heterocycles. The summed E-state index contributed by atoms with van der Waals surface area (Å²) in [5.74, 6) is -0.569. The van der Waals surface area contributed by atoms with E-state index in [0.717, 1.165) is 10.9 Å². The van der Waals surface area contributed by atoms with E-state index >= 15 is 0 Å². The first-order chi connectivity index (χ1) is 15.7. The average molecular weight is 481 g/mol. The quantitative estimate of drug-likeness (QED) is 0.600. The van der Waals surface area contributed by atoms with Crippen molar-refractivity contribution in [2.75, 3.05) is 18.0 Å². The molecule has 0 amide bonds.